The lowest BCUT2D eigenvalue weighted by molar-refractivity contribution is -0.0391. The van der Waals surface area contributed by atoms with Crippen molar-refractivity contribution in [2.24, 2.45) is 0 Å². The van der Waals surface area contributed by atoms with E-state index in [0.29, 0.717) is 5.52 Å². The summed E-state index contributed by atoms with van der Waals surface area (Å²) in [5.41, 5.74) is 0.397. The molecule has 2 heterocycles. The van der Waals surface area contributed by atoms with Crippen LogP contribution in [0.3, 0.4) is 0 Å². The van der Waals surface area contributed by atoms with Crippen LogP contribution in [0.15, 0.2) is 22.8 Å². The van der Waals surface area contributed by atoms with Gasteiger partial charge in [0.15, 0.2) is 5.82 Å². The maximum absolute atomic E-state index is 13.6. The Morgan fingerprint density at radius 1 is 1.41 bits per heavy atom. The van der Waals surface area contributed by atoms with Gasteiger partial charge in [-0.2, -0.15) is 5.10 Å². The molecule has 1 aromatic heterocycles. The van der Waals surface area contributed by atoms with Gasteiger partial charge >= 0.3 is 0 Å². The third kappa shape index (κ3) is 1.98. The molecule has 0 bridgehead atoms. The van der Waals surface area contributed by atoms with Crippen LogP contribution < -0.4 is 0 Å². The maximum Gasteiger partial charge on any atom is 0.151 e. The summed E-state index contributed by atoms with van der Waals surface area (Å²) in [6, 6.07) is 3.12. The Kier molecular flexibility index (Phi) is 2.88. The molecule has 0 spiro atoms. The van der Waals surface area contributed by atoms with Gasteiger partial charge in [-0.05, 0) is 31.4 Å². The minimum absolute atomic E-state index is 0.0533. The van der Waals surface area contributed by atoms with Crippen LogP contribution >= 0.6 is 15.9 Å². The standard InChI is InChI=1S/C12H12BrFN2O/c13-9-4-5-10(14)12-8(9)7-16(15-12)11-3-1-2-6-17-11/h4-5,7,11H,1-3,6H2. The first-order valence-corrected chi connectivity index (χ1v) is 6.49. The van der Waals surface area contributed by atoms with E-state index in [-0.39, 0.29) is 12.0 Å². The van der Waals surface area contributed by atoms with Crippen molar-refractivity contribution in [1.82, 2.24) is 9.78 Å². The van der Waals surface area contributed by atoms with Gasteiger partial charge in [0.05, 0.1) is 0 Å². The summed E-state index contributed by atoms with van der Waals surface area (Å²) >= 11 is 3.41. The van der Waals surface area contributed by atoms with Crippen LogP contribution in [0.1, 0.15) is 25.5 Å². The highest BCUT2D eigenvalue weighted by Crippen LogP contribution is 2.29. The Morgan fingerprint density at radius 2 is 2.29 bits per heavy atom. The lowest BCUT2D eigenvalue weighted by Gasteiger charge is -2.22. The lowest BCUT2D eigenvalue weighted by atomic mass is 10.2. The normalized spacial score (nSPS) is 20.9. The van der Waals surface area contributed by atoms with E-state index in [9.17, 15) is 4.39 Å². The van der Waals surface area contributed by atoms with Crippen LogP contribution in [0.5, 0.6) is 0 Å². The van der Waals surface area contributed by atoms with Gasteiger partial charge in [-0.25, -0.2) is 9.07 Å². The fourth-order valence-electron chi connectivity index (χ4n) is 2.14. The van der Waals surface area contributed by atoms with Gasteiger partial charge in [-0.15, -0.1) is 0 Å². The summed E-state index contributed by atoms with van der Waals surface area (Å²) in [6.45, 7) is 0.754. The molecule has 1 unspecified atom stereocenters. The van der Waals surface area contributed by atoms with Gasteiger partial charge in [0.2, 0.25) is 0 Å². The molecule has 0 amide bonds. The Hall–Kier alpha value is -0.940. The van der Waals surface area contributed by atoms with Crippen molar-refractivity contribution in [2.75, 3.05) is 6.61 Å². The number of rotatable bonds is 1. The van der Waals surface area contributed by atoms with Gasteiger partial charge in [0.1, 0.15) is 11.7 Å². The Morgan fingerprint density at radius 3 is 3.00 bits per heavy atom. The summed E-state index contributed by atoms with van der Waals surface area (Å²) < 4.78 is 21.8. The van der Waals surface area contributed by atoms with Crippen molar-refractivity contribution in [1.29, 1.82) is 0 Å². The van der Waals surface area contributed by atoms with E-state index in [1.807, 2.05) is 6.20 Å². The molecule has 17 heavy (non-hydrogen) atoms. The second-order valence-electron chi connectivity index (χ2n) is 4.22. The number of aromatic nitrogens is 2. The molecule has 1 fully saturated rings. The van der Waals surface area contributed by atoms with Gasteiger partial charge in [0, 0.05) is 22.7 Å². The monoisotopic (exact) mass is 298 g/mol. The molecule has 0 N–H and O–H groups in total. The number of halogens is 2. The number of ether oxygens (including phenoxy) is 1. The van der Waals surface area contributed by atoms with Crippen LogP contribution in [0, 0.1) is 5.82 Å². The van der Waals surface area contributed by atoms with Crippen molar-refractivity contribution < 1.29 is 9.13 Å². The van der Waals surface area contributed by atoms with E-state index in [0.717, 1.165) is 35.7 Å². The first kappa shape index (κ1) is 11.2. The minimum atomic E-state index is -0.294. The molecule has 1 aromatic carbocycles. The largest absolute Gasteiger partial charge is 0.357 e. The Labute approximate surface area is 107 Å². The number of hydrogen-bond acceptors (Lipinski definition) is 2. The zero-order valence-electron chi connectivity index (χ0n) is 9.20. The average molecular weight is 299 g/mol. The molecule has 0 radical (unpaired) electrons. The molecule has 0 saturated carbocycles. The second kappa shape index (κ2) is 4.38. The molecule has 3 nitrogen and oxygen atoms in total. The van der Waals surface area contributed by atoms with Crippen molar-refractivity contribution in [3.05, 3.63) is 28.6 Å². The lowest BCUT2D eigenvalue weighted by Crippen LogP contribution is -2.18. The number of fused-ring (bicyclic) bond motifs is 1. The average Bonchev–Trinajstić information content (AvgIpc) is 2.81. The molecule has 1 saturated heterocycles. The molecule has 1 aliphatic heterocycles. The third-order valence-electron chi connectivity index (χ3n) is 3.04. The van der Waals surface area contributed by atoms with Crippen LogP contribution in [0.25, 0.3) is 10.9 Å². The van der Waals surface area contributed by atoms with E-state index in [2.05, 4.69) is 21.0 Å². The van der Waals surface area contributed by atoms with E-state index in [1.165, 1.54) is 6.07 Å². The Bertz CT molecular complexity index is 510. The number of nitrogens with zero attached hydrogens (tertiary/aromatic N) is 2. The van der Waals surface area contributed by atoms with Crippen molar-refractivity contribution in [2.45, 2.75) is 25.5 Å². The van der Waals surface area contributed by atoms with Gasteiger partial charge in [-0.3, -0.25) is 0 Å². The summed E-state index contributed by atoms with van der Waals surface area (Å²) in [6.07, 6.45) is 4.95. The predicted molar refractivity (Wildman–Crippen MR) is 66.2 cm³/mol. The van der Waals surface area contributed by atoms with Gasteiger partial charge < -0.3 is 4.74 Å². The highest BCUT2D eigenvalue weighted by molar-refractivity contribution is 9.10. The zero-order valence-corrected chi connectivity index (χ0v) is 10.8. The summed E-state index contributed by atoms with van der Waals surface area (Å²) in [4.78, 5) is 0. The van der Waals surface area contributed by atoms with E-state index in [1.54, 1.807) is 10.7 Å². The van der Waals surface area contributed by atoms with Crippen LogP contribution in [-0.4, -0.2) is 16.4 Å². The third-order valence-corrected chi connectivity index (χ3v) is 3.73. The van der Waals surface area contributed by atoms with Gasteiger partial charge in [-0.1, -0.05) is 15.9 Å². The van der Waals surface area contributed by atoms with Crippen molar-refractivity contribution in [3.8, 4) is 0 Å². The highest BCUT2D eigenvalue weighted by Gasteiger charge is 2.18. The fraction of sp³-hybridized carbons (Fsp3) is 0.417. The summed E-state index contributed by atoms with van der Waals surface area (Å²) in [5.74, 6) is -0.294. The van der Waals surface area contributed by atoms with Gasteiger partial charge in [0.25, 0.3) is 0 Å². The van der Waals surface area contributed by atoms with Crippen LogP contribution in [0.2, 0.25) is 0 Å². The molecule has 0 aliphatic carbocycles. The molecule has 3 rings (SSSR count). The predicted octanol–water partition coefficient (Wildman–Crippen LogP) is 3.64. The first-order valence-electron chi connectivity index (χ1n) is 5.70. The molecule has 2 aromatic rings. The number of hydrogen-bond donors (Lipinski definition) is 0. The topological polar surface area (TPSA) is 27.1 Å². The maximum atomic E-state index is 13.6. The van der Waals surface area contributed by atoms with Crippen molar-refractivity contribution >= 4 is 26.8 Å². The quantitative estimate of drug-likeness (QED) is 0.804. The molecule has 5 heteroatoms. The number of benzene rings is 1. The molecular formula is C12H12BrFN2O. The van der Waals surface area contributed by atoms with Crippen molar-refractivity contribution in [3.63, 3.8) is 0 Å². The fourth-order valence-corrected chi connectivity index (χ4v) is 2.56. The summed E-state index contributed by atoms with van der Waals surface area (Å²) in [5, 5.41) is 5.07. The first-order chi connectivity index (χ1) is 8.25. The smallest absolute Gasteiger partial charge is 0.151 e. The Balaban J connectivity index is 2.06. The minimum Gasteiger partial charge on any atom is -0.357 e. The second-order valence-corrected chi connectivity index (χ2v) is 5.08. The SMILES string of the molecule is Fc1ccc(Br)c2cn(C3CCCCO3)nc12. The molecule has 1 atom stereocenters. The van der Waals surface area contributed by atoms with E-state index in [4.69, 9.17) is 4.74 Å². The highest BCUT2D eigenvalue weighted by atomic mass is 79.9. The molecule has 90 valence electrons. The summed E-state index contributed by atoms with van der Waals surface area (Å²) in [7, 11) is 0. The van der Waals surface area contributed by atoms with Crippen LogP contribution in [0.4, 0.5) is 4.39 Å². The molecular weight excluding hydrogens is 287 g/mol. The van der Waals surface area contributed by atoms with Crippen LogP contribution in [-0.2, 0) is 4.74 Å². The zero-order chi connectivity index (χ0) is 11.8. The molecule has 1 aliphatic rings. The van der Waals surface area contributed by atoms with E-state index >= 15 is 0 Å². The van der Waals surface area contributed by atoms with E-state index < -0.39 is 0 Å².